The van der Waals surface area contributed by atoms with E-state index in [1.54, 1.807) is 6.92 Å². The fourth-order valence-corrected chi connectivity index (χ4v) is 3.12. The van der Waals surface area contributed by atoms with Gasteiger partial charge in [-0.1, -0.05) is 18.2 Å². The number of carboxylic acid groups (broad SMARTS) is 1. The number of aliphatic carboxylic acids is 1. The van der Waals surface area contributed by atoms with Gasteiger partial charge in [0.15, 0.2) is 0 Å². The third-order valence-electron chi connectivity index (χ3n) is 3.51. The number of nitrogens with zero attached hydrogens (tertiary/aromatic N) is 1. The SMILES string of the molecule is CC1(C(=O)O)CCCN1C(=O)CSc1ccccc1. The van der Waals surface area contributed by atoms with Gasteiger partial charge in [0.1, 0.15) is 5.54 Å². The second-order valence-electron chi connectivity index (χ2n) is 4.83. The van der Waals surface area contributed by atoms with Crippen LogP contribution in [0.4, 0.5) is 0 Å². The molecule has 4 nitrogen and oxygen atoms in total. The first-order valence-electron chi connectivity index (χ1n) is 6.26. The molecule has 1 fully saturated rings. The highest BCUT2D eigenvalue weighted by atomic mass is 32.2. The number of carboxylic acids is 1. The first kappa shape index (κ1) is 13.9. The molecular formula is C14H17NO3S. The third-order valence-corrected chi connectivity index (χ3v) is 4.51. The van der Waals surface area contributed by atoms with Gasteiger partial charge in [0.2, 0.25) is 5.91 Å². The molecule has 0 radical (unpaired) electrons. The van der Waals surface area contributed by atoms with Crippen LogP contribution in [0.3, 0.4) is 0 Å². The molecule has 1 atom stereocenters. The summed E-state index contributed by atoms with van der Waals surface area (Å²) < 4.78 is 0. The van der Waals surface area contributed by atoms with E-state index in [1.165, 1.54) is 16.7 Å². The van der Waals surface area contributed by atoms with Gasteiger partial charge in [0, 0.05) is 11.4 Å². The average Bonchev–Trinajstić information content (AvgIpc) is 2.81. The zero-order valence-electron chi connectivity index (χ0n) is 10.8. The van der Waals surface area contributed by atoms with Gasteiger partial charge in [-0.15, -0.1) is 11.8 Å². The predicted octanol–water partition coefficient (Wildman–Crippen LogP) is 2.24. The summed E-state index contributed by atoms with van der Waals surface area (Å²) in [4.78, 5) is 26.0. The van der Waals surface area contributed by atoms with Gasteiger partial charge in [0.05, 0.1) is 5.75 Å². The lowest BCUT2D eigenvalue weighted by atomic mass is 9.99. The third kappa shape index (κ3) is 2.92. The van der Waals surface area contributed by atoms with E-state index >= 15 is 0 Å². The van der Waals surface area contributed by atoms with Crippen molar-refractivity contribution in [3.8, 4) is 0 Å². The fourth-order valence-electron chi connectivity index (χ4n) is 2.33. The minimum absolute atomic E-state index is 0.101. The number of carbonyl (C=O) groups is 2. The highest BCUT2D eigenvalue weighted by Crippen LogP contribution is 2.30. The van der Waals surface area contributed by atoms with E-state index in [1.807, 2.05) is 30.3 Å². The predicted molar refractivity (Wildman–Crippen MR) is 74.2 cm³/mol. The van der Waals surface area contributed by atoms with Crippen molar-refractivity contribution < 1.29 is 14.7 Å². The van der Waals surface area contributed by atoms with Crippen LogP contribution in [0.5, 0.6) is 0 Å². The largest absolute Gasteiger partial charge is 0.480 e. The second kappa shape index (κ2) is 5.65. The van der Waals surface area contributed by atoms with Crippen molar-refractivity contribution >= 4 is 23.6 Å². The maximum absolute atomic E-state index is 12.2. The standard InChI is InChI=1S/C14H17NO3S/c1-14(13(17)18)8-5-9-15(14)12(16)10-19-11-6-3-2-4-7-11/h2-4,6-7H,5,8-10H2,1H3,(H,17,18). The lowest BCUT2D eigenvalue weighted by Crippen LogP contribution is -2.51. The van der Waals surface area contributed by atoms with Crippen molar-refractivity contribution in [3.05, 3.63) is 30.3 Å². The molecule has 1 heterocycles. The molecule has 1 aromatic rings. The minimum atomic E-state index is -1.03. The summed E-state index contributed by atoms with van der Waals surface area (Å²) in [5.41, 5.74) is -1.03. The second-order valence-corrected chi connectivity index (χ2v) is 5.88. The van der Waals surface area contributed by atoms with Crippen LogP contribution < -0.4 is 0 Å². The Morgan fingerprint density at radius 3 is 2.68 bits per heavy atom. The Morgan fingerprint density at radius 1 is 1.37 bits per heavy atom. The smallest absolute Gasteiger partial charge is 0.329 e. The molecule has 102 valence electrons. The van der Waals surface area contributed by atoms with Crippen LogP contribution >= 0.6 is 11.8 Å². The van der Waals surface area contributed by atoms with Crippen molar-refractivity contribution in [2.75, 3.05) is 12.3 Å². The van der Waals surface area contributed by atoms with Gasteiger partial charge >= 0.3 is 5.97 Å². The fraction of sp³-hybridized carbons (Fsp3) is 0.429. The molecule has 1 aliphatic rings. The molecule has 19 heavy (non-hydrogen) atoms. The maximum atomic E-state index is 12.2. The van der Waals surface area contributed by atoms with Gasteiger partial charge < -0.3 is 10.0 Å². The topological polar surface area (TPSA) is 57.6 Å². The summed E-state index contributed by atoms with van der Waals surface area (Å²) in [5, 5.41) is 9.28. The molecule has 2 rings (SSSR count). The quantitative estimate of drug-likeness (QED) is 0.859. The van der Waals surface area contributed by atoms with Crippen LogP contribution in [0.15, 0.2) is 35.2 Å². The van der Waals surface area contributed by atoms with Crippen molar-refractivity contribution in [2.45, 2.75) is 30.2 Å². The molecule has 1 amide bonds. The van der Waals surface area contributed by atoms with Crippen LogP contribution in [0, 0.1) is 0 Å². The van der Waals surface area contributed by atoms with E-state index < -0.39 is 11.5 Å². The number of carbonyl (C=O) groups excluding carboxylic acids is 1. The normalized spacial score (nSPS) is 22.5. The molecule has 5 heteroatoms. The van der Waals surface area contributed by atoms with Gasteiger partial charge in [-0.2, -0.15) is 0 Å². The van der Waals surface area contributed by atoms with Crippen LogP contribution in [0.2, 0.25) is 0 Å². The van der Waals surface area contributed by atoms with Crippen LogP contribution in [0.25, 0.3) is 0 Å². The summed E-state index contributed by atoms with van der Waals surface area (Å²) in [7, 11) is 0. The molecule has 1 aliphatic heterocycles. The Kier molecular flexibility index (Phi) is 4.14. The zero-order valence-corrected chi connectivity index (χ0v) is 11.7. The van der Waals surface area contributed by atoms with E-state index in [0.29, 0.717) is 13.0 Å². The monoisotopic (exact) mass is 279 g/mol. The Labute approximate surface area is 116 Å². The molecular weight excluding hydrogens is 262 g/mol. The highest BCUT2D eigenvalue weighted by Gasteiger charge is 2.45. The summed E-state index contributed by atoms with van der Waals surface area (Å²) >= 11 is 1.44. The van der Waals surface area contributed by atoms with Crippen molar-refractivity contribution in [2.24, 2.45) is 0 Å². The molecule has 0 aliphatic carbocycles. The van der Waals surface area contributed by atoms with E-state index in [-0.39, 0.29) is 11.7 Å². The summed E-state index contributed by atoms with van der Waals surface area (Å²) in [5.74, 6) is -0.730. The first-order chi connectivity index (χ1) is 9.04. The molecule has 1 saturated heterocycles. The zero-order chi connectivity index (χ0) is 13.9. The van der Waals surface area contributed by atoms with Gasteiger partial charge in [-0.3, -0.25) is 4.79 Å². The Bertz CT molecular complexity index is 477. The minimum Gasteiger partial charge on any atom is -0.480 e. The molecule has 1 unspecified atom stereocenters. The van der Waals surface area contributed by atoms with Crippen molar-refractivity contribution in [1.29, 1.82) is 0 Å². The average molecular weight is 279 g/mol. The lowest BCUT2D eigenvalue weighted by Gasteiger charge is -2.31. The summed E-state index contributed by atoms with van der Waals surface area (Å²) in [6.45, 7) is 2.17. The number of hydrogen-bond acceptors (Lipinski definition) is 3. The number of benzene rings is 1. The summed E-state index contributed by atoms with van der Waals surface area (Å²) in [6.07, 6.45) is 1.29. The lowest BCUT2D eigenvalue weighted by molar-refractivity contribution is -0.154. The molecule has 1 N–H and O–H groups in total. The first-order valence-corrected chi connectivity index (χ1v) is 7.24. The maximum Gasteiger partial charge on any atom is 0.329 e. The van der Waals surface area contributed by atoms with Crippen LogP contribution in [0.1, 0.15) is 19.8 Å². The van der Waals surface area contributed by atoms with E-state index in [0.717, 1.165) is 11.3 Å². The van der Waals surface area contributed by atoms with E-state index in [4.69, 9.17) is 0 Å². The Morgan fingerprint density at radius 2 is 2.05 bits per heavy atom. The van der Waals surface area contributed by atoms with Crippen molar-refractivity contribution in [3.63, 3.8) is 0 Å². The van der Waals surface area contributed by atoms with Crippen LogP contribution in [-0.4, -0.2) is 39.7 Å². The molecule has 0 saturated carbocycles. The molecule has 0 spiro atoms. The Hall–Kier alpha value is -1.49. The van der Waals surface area contributed by atoms with Gasteiger partial charge in [0.25, 0.3) is 0 Å². The van der Waals surface area contributed by atoms with Gasteiger partial charge in [-0.25, -0.2) is 4.79 Å². The molecule has 0 bridgehead atoms. The number of hydrogen-bond donors (Lipinski definition) is 1. The van der Waals surface area contributed by atoms with E-state index in [9.17, 15) is 14.7 Å². The summed E-state index contributed by atoms with van der Waals surface area (Å²) in [6, 6.07) is 9.65. The molecule has 0 aromatic heterocycles. The van der Waals surface area contributed by atoms with Crippen molar-refractivity contribution in [1.82, 2.24) is 4.90 Å². The number of thioether (sulfide) groups is 1. The van der Waals surface area contributed by atoms with Crippen LogP contribution in [-0.2, 0) is 9.59 Å². The molecule has 1 aromatic carbocycles. The highest BCUT2D eigenvalue weighted by molar-refractivity contribution is 8.00. The van der Waals surface area contributed by atoms with Gasteiger partial charge in [-0.05, 0) is 31.9 Å². The number of likely N-dealkylation sites (tertiary alicyclic amines) is 1. The number of amides is 1. The van der Waals surface area contributed by atoms with E-state index in [2.05, 4.69) is 0 Å². The Balaban J connectivity index is 1.98. The number of rotatable bonds is 4.